The number of aromatic nitrogens is 2. The fraction of sp³-hybridized carbons (Fsp3) is 0.353. The zero-order valence-electron chi connectivity index (χ0n) is 12.6. The maximum Gasteiger partial charge on any atom is 0.132 e. The molecule has 0 amide bonds. The van der Waals surface area contributed by atoms with E-state index in [0.29, 0.717) is 6.54 Å². The van der Waals surface area contributed by atoms with Crippen molar-refractivity contribution >= 4 is 12.0 Å². The Morgan fingerprint density at radius 3 is 2.77 bits per heavy atom. The number of hydrogen-bond donors (Lipinski definition) is 0. The third-order valence-corrected chi connectivity index (χ3v) is 3.53. The molecule has 114 valence electrons. The van der Waals surface area contributed by atoms with Gasteiger partial charge in [-0.15, -0.1) is 0 Å². The van der Waals surface area contributed by atoms with E-state index in [2.05, 4.69) is 19.9 Å². The number of benzene rings is 1. The normalized spacial score (nSPS) is 15.4. The van der Waals surface area contributed by atoms with Crippen LogP contribution < -0.4 is 4.90 Å². The van der Waals surface area contributed by atoms with E-state index in [1.165, 1.54) is 0 Å². The van der Waals surface area contributed by atoms with Gasteiger partial charge in [0.05, 0.1) is 13.2 Å². The van der Waals surface area contributed by atoms with Gasteiger partial charge in [0, 0.05) is 38.5 Å². The fourth-order valence-corrected chi connectivity index (χ4v) is 2.35. The summed E-state index contributed by atoms with van der Waals surface area (Å²) in [6.07, 6.45) is 4.47. The average Bonchev–Trinajstić information content (AvgIpc) is 2.61. The van der Waals surface area contributed by atoms with Crippen LogP contribution in [0.1, 0.15) is 11.4 Å². The number of hydrogen-bond acceptors (Lipinski definition) is 5. The molecule has 5 nitrogen and oxygen atoms in total. The summed E-state index contributed by atoms with van der Waals surface area (Å²) in [7, 11) is 0. The molecule has 0 radical (unpaired) electrons. The summed E-state index contributed by atoms with van der Waals surface area (Å²) in [5.74, 6) is 1.83. The number of aliphatic imine (C=N–C) groups is 1. The van der Waals surface area contributed by atoms with Gasteiger partial charge < -0.3 is 9.64 Å². The fourth-order valence-electron chi connectivity index (χ4n) is 2.35. The third kappa shape index (κ3) is 4.11. The molecule has 2 aromatic rings. The summed E-state index contributed by atoms with van der Waals surface area (Å²) < 4.78 is 5.37. The molecule has 0 bridgehead atoms. The summed E-state index contributed by atoms with van der Waals surface area (Å²) in [5, 5.41) is 0. The van der Waals surface area contributed by atoms with Crippen LogP contribution in [0.15, 0.2) is 47.6 Å². The van der Waals surface area contributed by atoms with Gasteiger partial charge in [-0.1, -0.05) is 30.3 Å². The molecule has 0 unspecified atom stereocenters. The Morgan fingerprint density at radius 1 is 1.14 bits per heavy atom. The van der Waals surface area contributed by atoms with Crippen LogP contribution >= 0.6 is 0 Å². The first-order valence-corrected chi connectivity index (χ1v) is 7.61. The lowest BCUT2D eigenvalue weighted by Gasteiger charge is -2.27. The van der Waals surface area contributed by atoms with E-state index < -0.39 is 0 Å². The van der Waals surface area contributed by atoms with E-state index in [-0.39, 0.29) is 0 Å². The highest BCUT2D eigenvalue weighted by molar-refractivity contribution is 5.79. The van der Waals surface area contributed by atoms with Crippen molar-refractivity contribution in [2.75, 3.05) is 37.7 Å². The van der Waals surface area contributed by atoms with Gasteiger partial charge in [-0.05, 0) is 11.6 Å². The molecule has 0 atom stereocenters. The summed E-state index contributed by atoms with van der Waals surface area (Å²) >= 11 is 0. The standard InChI is InChI=1S/C17H20N4O/c1-2-4-15(5-3-1)14-18-8-6-16-19-9-7-17(20-16)21-10-12-22-13-11-21/h1-5,7,9,14H,6,8,10-13H2. The summed E-state index contributed by atoms with van der Waals surface area (Å²) in [4.78, 5) is 15.6. The van der Waals surface area contributed by atoms with Crippen LogP contribution in [0.3, 0.4) is 0 Å². The van der Waals surface area contributed by atoms with Crippen LogP contribution in [-0.2, 0) is 11.2 Å². The molecule has 1 fully saturated rings. The van der Waals surface area contributed by atoms with Crippen molar-refractivity contribution in [3.8, 4) is 0 Å². The first-order chi connectivity index (χ1) is 10.9. The maximum atomic E-state index is 5.37. The molecular formula is C17H20N4O. The summed E-state index contributed by atoms with van der Waals surface area (Å²) in [6.45, 7) is 4.01. The second-order valence-electron chi connectivity index (χ2n) is 5.13. The van der Waals surface area contributed by atoms with Crippen LogP contribution in [0.5, 0.6) is 0 Å². The Hall–Kier alpha value is -2.27. The predicted molar refractivity (Wildman–Crippen MR) is 87.7 cm³/mol. The average molecular weight is 296 g/mol. The number of morpholine rings is 1. The van der Waals surface area contributed by atoms with Gasteiger partial charge in [0.25, 0.3) is 0 Å². The maximum absolute atomic E-state index is 5.37. The molecule has 1 aromatic carbocycles. The van der Waals surface area contributed by atoms with Gasteiger partial charge in [0.1, 0.15) is 11.6 Å². The Balaban J connectivity index is 1.55. The van der Waals surface area contributed by atoms with Crippen molar-refractivity contribution in [2.45, 2.75) is 6.42 Å². The van der Waals surface area contributed by atoms with Crippen molar-refractivity contribution in [2.24, 2.45) is 4.99 Å². The van der Waals surface area contributed by atoms with Crippen LogP contribution in [0.4, 0.5) is 5.82 Å². The molecule has 22 heavy (non-hydrogen) atoms. The second-order valence-corrected chi connectivity index (χ2v) is 5.13. The summed E-state index contributed by atoms with van der Waals surface area (Å²) in [5.41, 5.74) is 1.12. The van der Waals surface area contributed by atoms with E-state index in [1.807, 2.05) is 48.8 Å². The van der Waals surface area contributed by atoms with Crippen molar-refractivity contribution in [3.63, 3.8) is 0 Å². The van der Waals surface area contributed by atoms with E-state index in [1.54, 1.807) is 0 Å². The van der Waals surface area contributed by atoms with Gasteiger partial charge in [-0.3, -0.25) is 4.99 Å². The lowest BCUT2D eigenvalue weighted by Crippen LogP contribution is -2.36. The zero-order valence-corrected chi connectivity index (χ0v) is 12.6. The van der Waals surface area contributed by atoms with Crippen molar-refractivity contribution in [1.29, 1.82) is 0 Å². The topological polar surface area (TPSA) is 50.6 Å². The van der Waals surface area contributed by atoms with Crippen molar-refractivity contribution in [3.05, 3.63) is 54.0 Å². The number of nitrogens with zero attached hydrogens (tertiary/aromatic N) is 4. The highest BCUT2D eigenvalue weighted by atomic mass is 16.5. The monoisotopic (exact) mass is 296 g/mol. The van der Waals surface area contributed by atoms with Crippen LogP contribution in [0.25, 0.3) is 0 Å². The van der Waals surface area contributed by atoms with E-state index in [4.69, 9.17) is 4.74 Å². The first kappa shape index (κ1) is 14.7. The first-order valence-electron chi connectivity index (χ1n) is 7.61. The molecule has 3 rings (SSSR count). The molecule has 2 heterocycles. The molecule has 1 aliphatic rings. The molecule has 1 aliphatic heterocycles. The van der Waals surface area contributed by atoms with Gasteiger partial charge in [-0.25, -0.2) is 9.97 Å². The lowest BCUT2D eigenvalue weighted by molar-refractivity contribution is 0.122. The highest BCUT2D eigenvalue weighted by Gasteiger charge is 2.12. The van der Waals surface area contributed by atoms with Gasteiger partial charge in [0.15, 0.2) is 0 Å². The van der Waals surface area contributed by atoms with Crippen molar-refractivity contribution in [1.82, 2.24) is 9.97 Å². The van der Waals surface area contributed by atoms with Crippen LogP contribution in [0, 0.1) is 0 Å². The summed E-state index contributed by atoms with van der Waals surface area (Å²) in [6, 6.07) is 12.1. The predicted octanol–water partition coefficient (Wildman–Crippen LogP) is 1.97. The Morgan fingerprint density at radius 2 is 1.95 bits per heavy atom. The number of rotatable bonds is 5. The van der Waals surface area contributed by atoms with E-state index in [9.17, 15) is 0 Å². The smallest absolute Gasteiger partial charge is 0.132 e. The largest absolute Gasteiger partial charge is 0.378 e. The van der Waals surface area contributed by atoms with Crippen LogP contribution in [-0.4, -0.2) is 49.0 Å². The van der Waals surface area contributed by atoms with Crippen LogP contribution in [0.2, 0.25) is 0 Å². The molecule has 1 saturated heterocycles. The van der Waals surface area contributed by atoms with Gasteiger partial charge in [0.2, 0.25) is 0 Å². The van der Waals surface area contributed by atoms with E-state index in [0.717, 1.165) is 49.9 Å². The minimum Gasteiger partial charge on any atom is -0.378 e. The molecule has 0 N–H and O–H groups in total. The highest BCUT2D eigenvalue weighted by Crippen LogP contribution is 2.12. The third-order valence-electron chi connectivity index (χ3n) is 3.53. The number of ether oxygens (including phenoxy) is 1. The molecule has 1 aromatic heterocycles. The van der Waals surface area contributed by atoms with Gasteiger partial charge in [-0.2, -0.15) is 0 Å². The molecule has 0 spiro atoms. The molecule has 0 saturated carbocycles. The minimum absolute atomic E-state index is 0.696. The zero-order chi connectivity index (χ0) is 15.0. The van der Waals surface area contributed by atoms with E-state index >= 15 is 0 Å². The Bertz CT molecular complexity index is 609. The second kappa shape index (κ2) is 7.66. The van der Waals surface area contributed by atoms with Gasteiger partial charge >= 0.3 is 0 Å². The number of anilines is 1. The lowest BCUT2D eigenvalue weighted by atomic mass is 10.2. The molecule has 5 heteroatoms. The Kier molecular flexibility index (Phi) is 5.10. The molecule has 0 aliphatic carbocycles. The molecular weight excluding hydrogens is 276 g/mol. The van der Waals surface area contributed by atoms with Crippen molar-refractivity contribution < 1.29 is 4.74 Å². The SMILES string of the molecule is C(=NCCc1nccc(N2CCOCC2)n1)c1ccccc1. The quantitative estimate of drug-likeness (QED) is 0.792. The Labute approximate surface area is 130 Å². The minimum atomic E-state index is 0.696.